The zero-order valence-electron chi connectivity index (χ0n) is 9.73. The van der Waals surface area contributed by atoms with Gasteiger partial charge in [-0.05, 0) is 31.5 Å². The van der Waals surface area contributed by atoms with E-state index in [1.807, 2.05) is 44.2 Å². The summed E-state index contributed by atoms with van der Waals surface area (Å²) < 4.78 is 0. The predicted molar refractivity (Wildman–Crippen MR) is 66.3 cm³/mol. The van der Waals surface area contributed by atoms with Crippen LogP contribution in [0.3, 0.4) is 0 Å². The van der Waals surface area contributed by atoms with Crippen molar-refractivity contribution in [2.24, 2.45) is 11.7 Å². The van der Waals surface area contributed by atoms with E-state index < -0.39 is 0 Å². The Morgan fingerprint density at radius 2 is 1.94 bits per heavy atom. The maximum absolute atomic E-state index is 11.6. The average Bonchev–Trinajstić information content (AvgIpc) is 2.29. The molecule has 0 fully saturated rings. The Hall–Kier alpha value is -1.55. The summed E-state index contributed by atoms with van der Waals surface area (Å²) in [6, 6.07) is 9.21. The second kappa shape index (κ2) is 6.12. The Bertz CT molecular complexity index is 326. The minimum absolute atomic E-state index is 0.0636. The third-order valence-electron chi connectivity index (χ3n) is 2.62. The van der Waals surface area contributed by atoms with Crippen molar-refractivity contribution in [1.82, 2.24) is 5.32 Å². The second-order valence-electron chi connectivity index (χ2n) is 3.97. The lowest BCUT2D eigenvalue weighted by atomic mass is 10.0. The maximum atomic E-state index is 11.6. The van der Waals surface area contributed by atoms with Gasteiger partial charge in [0.1, 0.15) is 0 Å². The molecule has 0 spiro atoms. The topological polar surface area (TPSA) is 67.1 Å². The van der Waals surface area contributed by atoms with Crippen LogP contribution in [-0.2, 0) is 0 Å². The fourth-order valence-corrected chi connectivity index (χ4v) is 1.24. The molecule has 1 aromatic carbocycles. The first-order chi connectivity index (χ1) is 7.63. The zero-order chi connectivity index (χ0) is 12.0. The number of nitrogens with one attached hydrogen (secondary N) is 2. The highest BCUT2D eigenvalue weighted by Crippen LogP contribution is 2.05. The first-order valence-electron chi connectivity index (χ1n) is 5.46. The quantitative estimate of drug-likeness (QED) is 0.725. The van der Waals surface area contributed by atoms with Gasteiger partial charge in [-0.2, -0.15) is 0 Å². The van der Waals surface area contributed by atoms with Gasteiger partial charge in [-0.3, -0.25) is 0 Å². The average molecular weight is 221 g/mol. The summed E-state index contributed by atoms with van der Waals surface area (Å²) in [5.74, 6) is 0.265. The SMILES string of the molecule is CC(CN)C(C)NC(=O)Nc1ccccc1. The molecule has 0 aliphatic heterocycles. The Kier molecular flexibility index (Phi) is 4.79. The van der Waals surface area contributed by atoms with E-state index in [0.29, 0.717) is 6.54 Å². The Morgan fingerprint density at radius 1 is 1.31 bits per heavy atom. The number of carbonyl (C=O) groups excluding carboxylic acids is 1. The number of nitrogens with two attached hydrogens (primary N) is 1. The Balaban J connectivity index is 2.42. The molecule has 0 radical (unpaired) electrons. The third kappa shape index (κ3) is 3.90. The van der Waals surface area contributed by atoms with Crippen LogP contribution in [0.5, 0.6) is 0 Å². The van der Waals surface area contributed by atoms with E-state index in [1.165, 1.54) is 0 Å². The normalized spacial score (nSPS) is 13.9. The minimum Gasteiger partial charge on any atom is -0.335 e. The maximum Gasteiger partial charge on any atom is 0.319 e. The Labute approximate surface area is 96.2 Å². The van der Waals surface area contributed by atoms with Crippen LogP contribution in [0.4, 0.5) is 10.5 Å². The molecule has 2 amide bonds. The van der Waals surface area contributed by atoms with Gasteiger partial charge in [0.15, 0.2) is 0 Å². The number of hydrogen-bond acceptors (Lipinski definition) is 2. The molecule has 0 aromatic heterocycles. The van der Waals surface area contributed by atoms with E-state index in [1.54, 1.807) is 0 Å². The molecular weight excluding hydrogens is 202 g/mol. The van der Waals surface area contributed by atoms with Crippen molar-refractivity contribution in [1.29, 1.82) is 0 Å². The first-order valence-corrected chi connectivity index (χ1v) is 5.46. The number of rotatable bonds is 4. The lowest BCUT2D eigenvalue weighted by Gasteiger charge is -2.19. The molecule has 0 saturated heterocycles. The molecule has 2 atom stereocenters. The molecule has 0 saturated carbocycles. The van der Waals surface area contributed by atoms with Crippen LogP contribution in [0.25, 0.3) is 0 Å². The summed E-state index contributed by atoms with van der Waals surface area (Å²) in [5.41, 5.74) is 6.31. The molecule has 0 aliphatic carbocycles. The van der Waals surface area contributed by atoms with Crippen molar-refractivity contribution < 1.29 is 4.79 Å². The fourth-order valence-electron chi connectivity index (χ4n) is 1.24. The molecule has 0 heterocycles. The lowest BCUT2D eigenvalue weighted by Crippen LogP contribution is -2.41. The van der Waals surface area contributed by atoms with Gasteiger partial charge in [0.25, 0.3) is 0 Å². The molecule has 1 rings (SSSR count). The van der Waals surface area contributed by atoms with Crippen LogP contribution in [0.15, 0.2) is 30.3 Å². The van der Waals surface area contributed by atoms with Gasteiger partial charge in [-0.1, -0.05) is 25.1 Å². The number of benzene rings is 1. The van der Waals surface area contributed by atoms with E-state index in [9.17, 15) is 4.79 Å². The summed E-state index contributed by atoms with van der Waals surface area (Å²) in [6.45, 7) is 4.52. The van der Waals surface area contributed by atoms with Crippen molar-refractivity contribution in [3.8, 4) is 0 Å². The second-order valence-corrected chi connectivity index (χ2v) is 3.97. The summed E-state index contributed by atoms with van der Waals surface area (Å²) in [5, 5.41) is 5.61. The van der Waals surface area contributed by atoms with Gasteiger partial charge in [0.05, 0.1) is 0 Å². The van der Waals surface area contributed by atoms with Crippen LogP contribution >= 0.6 is 0 Å². The van der Waals surface area contributed by atoms with Crippen molar-refractivity contribution in [3.05, 3.63) is 30.3 Å². The van der Waals surface area contributed by atoms with E-state index in [0.717, 1.165) is 5.69 Å². The molecule has 4 heteroatoms. The van der Waals surface area contributed by atoms with Crippen LogP contribution in [0.2, 0.25) is 0 Å². The summed E-state index contributed by atoms with van der Waals surface area (Å²) in [4.78, 5) is 11.6. The zero-order valence-corrected chi connectivity index (χ0v) is 9.73. The molecule has 0 aliphatic rings. The number of amides is 2. The first kappa shape index (κ1) is 12.5. The summed E-state index contributed by atoms with van der Waals surface area (Å²) >= 11 is 0. The summed E-state index contributed by atoms with van der Waals surface area (Å²) in [6.07, 6.45) is 0. The molecule has 0 bridgehead atoms. The molecule has 16 heavy (non-hydrogen) atoms. The van der Waals surface area contributed by atoms with Crippen LogP contribution in [-0.4, -0.2) is 18.6 Å². The van der Waals surface area contributed by atoms with E-state index in [-0.39, 0.29) is 18.0 Å². The lowest BCUT2D eigenvalue weighted by molar-refractivity contribution is 0.245. The van der Waals surface area contributed by atoms with Gasteiger partial charge in [0, 0.05) is 11.7 Å². The monoisotopic (exact) mass is 221 g/mol. The van der Waals surface area contributed by atoms with Gasteiger partial charge < -0.3 is 16.4 Å². The summed E-state index contributed by atoms with van der Waals surface area (Å²) in [7, 11) is 0. The van der Waals surface area contributed by atoms with Gasteiger partial charge in [0.2, 0.25) is 0 Å². The van der Waals surface area contributed by atoms with Gasteiger partial charge in [-0.15, -0.1) is 0 Å². The van der Waals surface area contributed by atoms with E-state index >= 15 is 0 Å². The van der Waals surface area contributed by atoms with Crippen molar-refractivity contribution in [3.63, 3.8) is 0 Å². The van der Waals surface area contributed by atoms with Crippen LogP contribution in [0, 0.1) is 5.92 Å². The fraction of sp³-hybridized carbons (Fsp3) is 0.417. The predicted octanol–water partition coefficient (Wildman–Crippen LogP) is 1.79. The van der Waals surface area contributed by atoms with Gasteiger partial charge in [-0.25, -0.2) is 4.79 Å². The number of hydrogen-bond donors (Lipinski definition) is 3. The standard InChI is InChI=1S/C12H19N3O/c1-9(8-13)10(2)14-12(16)15-11-6-4-3-5-7-11/h3-7,9-10H,8,13H2,1-2H3,(H2,14,15,16). The molecular formula is C12H19N3O. The third-order valence-corrected chi connectivity index (χ3v) is 2.62. The Morgan fingerprint density at radius 3 is 2.50 bits per heavy atom. The number of carbonyl (C=O) groups is 1. The number of para-hydroxylation sites is 1. The van der Waals surface area contributed by atoms with Crippen LogP contribution in [0.1, 0.15) is 13.8 Å². The van der Waals surface area contributed by atoms with Crippen LogP contribution < -0.4 is 16.4 Å². The molecule has 1 aromatic rings. The molecule has 88 valence electrons. The highest BCUT2D eigenvalue weighted by atomic mass is 16.2. The van der Waals surface area contributed by atoms with Gasteiger partial charge >= 0.3 is 6.03 Å². The number of urea groups is 1. The number of anilines is 1. The van der Waals surface area contributed by atoms with Crippen molar-refractivity contribution in [2.45, 2.75) is 19.9 Å². The molecule has 2 unspecified atom stereocenters. The highest BCUT2D eigenvalue weighted by Gasteiger charge is 2.12. The largest absolute Gasteiger partial charge is 0.335 e. The van der Waals surface area contributed by atoms with Crippen molar-refractivity contribution in [2.75, 3.05) is 11.9 Å². The van der Waals surface area contributed by atoms with E-state index in [2.05, 4.69) is 10.6 Å². The minimum atomic E-state index is -0.195. The van der Waals surface area contributed by atoms with E-state index in [4.69, 9.17) is 5.73 Å². The molecule has 4 N–H and O–H groups in total. The highest BCUT2D eigenvalue weighted by molar-refractivity contribution is 5.89. The van der Waals surface area contributed by atoms with Crippen molar-refractivity contribution >= 4 is 11.7 Å². The smallest absolute Gasteiger partial charge is 0.319 e. The molecule has 4 nitrogen and oxygen atoms in total.